The van der Waals surface area contributed by atoms with E-state index in [4.69, 9.17) is 25.8 Å². The monoisotopic (exact) mass is 500 g/mol. The van der Waals surface area contributed by atoms with Crippen LogP contribution >= 0.6 is 11.6 Å². The predicted molar refractivity (Wildman–Crippen MR) is 130 cm³/mol. The number of urea groups is 1. The van der Waals surface area contributed by atoms with Crippen LogP contribution < -0.4 is 19.7 Å². The van der Waals surface area contributed by atoms with Gasteiger partial charge in [0.25, 0.3) is 11.8 Å². The van der Waals surface area contributed by atoms with Crippen LogP contribution in [0.5, 0.6) is 11.5 Å². The van der Waals surface area contributed by atoms with Gasteiger partial charge >= 0.3 is 12.0 Å². The van der Waals surface area contributed by atoms with Crippen LogP contribution in [0, 0.1) is 13.8 Å². The van der Waals surface area contributed by atoms with Crippen molar-refractivity contribution in [2.24, 2.45) is 0 Å². The summed E-state index contributed by atoms with van der Waals surface area (Å²) in [6.45, 7) is 7.29. The maximum absolute atomic E-state index is 13.2. The Bertz CT molecular complexity index is 1220. The van der Waals surface area contributed by atoms with Crippen LogP contribution in [-0.4, -0.2) is 43.6 Å². The maximum Gasteiger partial charge on any atom is 0.344 e. The summed E-state index contributed by atoms with van der Waals surface area (Å²) in [5.41, 5.74) is 2.31. The van der Waals surface area contributed by atoms with E-state index < -0.39 is 23.8 Å². The molecule has 0 radical (unpaired) electrons. The number of nitrogens with one attached hydrogen (secondary N) is 1. The van der Waals surface area contributed by atoms with Crippen LogP contribution in [0.4, 0.5) is 10.5 Å². The Hall–Kier alpha value is -3.85. The Morgan fingerprint density at radius 1 is 1.03 bits per heavy atom. The number of carbonyl (C=O) groups excluding carboxylic acids is 4. The van der Waals surface area contributed by atoms with Gasteiger partial charge in [-0.05, 0) is 74.7 Å². The number of aryl methyl sites for hydroxylation is 2. The number of ether oxygens (including phenoxy) is 3. The Morgan fingerprint density at radius 2 is 1.77 bits per heavy atom. The number of esters is 1. The zero-order valence-electron chi connectivity index (χ0n) is 19.8. The minimum Gasteiger partial charge on any atom is -0.490 e. The fourth-order valence-electron chi connectivity index (χ4n) is 3.33. The first-order valence-corrected chi connectivity index (χ1v) is 11.3. The molecule has 1 aliphatic heterocycles. The molecule has 0 saturated carbocycles. The summed E-state index contributed by atoms with van der Waals surface area (Å²) in [5.74, 6) is -1.86. The molecule has 35 heavy (non-hydrogen) atoms. The van der Waals surface area contributed by atoms with Gasteiger partial charge in [0.05, 0.1) is 23.9 Å². The highest BCUT2D eigenvalue weighted by Gasteiger charge is 2.37. The van der Waals surface area contributed by atoms with Crippen LogP contribution in [0.15, 0.2) is 35.9 Å². The molecule has 1 aliphatic rings. The molecule has 1 N–H and O–H groups in total. The molecule has 184 valence electrons. The van der Waals surface area contributed by atoms with Crippen molar-refractivity contribution in [2.75, 3.05) is 24.7 Å². The van der Waals surface area contributed by atoms with Crippen LogP contribution in [0.2, 0.25) is 5.02 Å². The number of rotatable bonds is 8. The topological polar surface area (TPSA) is 111 Å². The molecule has 0 atom stereocenters. The number of benzene rings is 2. The van der Waals surface area contributed by atoms with Crippen LogP contribution in [0.1, 0.15) is 30.5 Å². The van der Waals surface area contributed by atoms with Crippen molar-refractivity contribution < 1.29 is 33.4 Å². The number of hydrogen-bond donors (Lipinski definition) is 1. The normalized spacial score (nSPS) is 14.7. The van der Waals surface area contributed by atoms with Crippen LogP contribution in [0.3, 0.4) is 0 Å². The Morgan fingerprint density at radius 3 is 2.43 bits per heavy atom. The van der Waals surface area contributed by atoms with E-state index in [-0.39, 0.29) is 41.9 Å². The summed E-state index contributed by atoms with van der Waals surface area (Å²) in [6.07, 6.45) is 1.31. The average molecular weight is 501 g/mol. The Balaban J connectivity index is 1.97. The number of barbiturate groups is 1. The first-order valence-electron chi connectivity index (χ1n) is 10.9. The van der Waals surface area contributed by atoms with E-state index in [1.54, 1.807) is 32.0 Å². The van der Waals surface area contributed by atoms with Gasteiger partial charge in [-0.25, -0.2) is 14.5 Å². The number of carbonyl (C=O) groups is 4. The fraction of sp³-hybridized carbons (Fsp3) is 0.280. The van der Waals surface area contributed by atoms with Crippen LogP contribution in [0.25, 0.3) is 6.08 Å². The van der Waals surface area contributed by atoms with E-state index in [2.05, 4.69) is 5.32 Å². The number of nitrogens with zero attached hydrogens (tertiary/aromatic N) is 1. The van der Waals surface area contributed by atoms with Gasteiger partial charge in [-0.2, -0.15) is 0 Å². The molecule has 9 nitrogen and oxygen atoms in total. The van der Waals surface area contributed by atoms with E-state index >= 15 is 0 Å². The minimum absolute atomic E-state index is 0.0952. The predicted octanol–water partition coefficient (Wildman–Crippen LogP) is 3.96. The average Bonchev–Trinajstić information content (AvgIpc) is 2.78. The van der Waals surface area contributed by atoms with Crippen molar-refractivity contribution in [3.8, 4) is 11.5 Å². The standard InChI is InChI=1S/C25H25ClN2O7/c1-5-33-20-12-16(11-19(26)22(20)35-13-21(29)34-6-2)10-18-23(30)27-25(32)28(24(18)31)17-8-7-14(3)15(4)9-17/h7-12H,5-6,13H2,1-4H3,(H,27,30,32)/b18-10+. The molecule has 0 bridgehead atoms. The van der Waals surface area contributed by atoms with E-state index in [0.29, 0.717) is 11.3 Å². The highest BCUT2D eigenvalue weighted by molar-refractivity contribution is 6.39. The number of halogens is 1. The summed E-state index contributed by atoms with van der Waals surface area (Å²) >= 11 is 6.36. The molecule has 0 spiro atoms. The number of hydrogen-bond acceptors (Lipinski definition) is 7. The lowest BCUT2D eigenvalue weighted by atomic mass is 10.0. The summed E-state index contributed by atoms with van der Waals surface area (Å²) in [7, 11) is 0. The molecule has 0 unspecified atom stereocenters. The van der Waals surface area contributed by atoms with Crippen LogP contribution in [-0.2, 0) is 19.1 Å². The van der Waals surface area contributed by atoms with Gasteiger partial charge in [-0.1, -0.05) is 17.7 Å². The molecule has 4 amide bonds. The molecule has 10 heteroatoms. The van der Waals surface area contributed by atoms with Crippen molar-refractivity contribution in [1.29, 1.82) is 0 Å². The number of anilines is 1. The summed E-state index contributed by atoms with van der Waals surface area (Å²) in [4.78, 5) is 50.7. The fourth-order valence-corrected chi connectivity index (χ4v) is 3.61. The summed E-state index contributed by atoms with van der Waals surface area (Å²) in [5, 5.41) is 2.29. The van der Waals surface area contributed by atoms with Gasteiger partial charge in [0.1, 0.15) is 5.57 Å². The zero-order valence-corrected chi connectivity index (χ0v) is 20.5. The summed E-state index contributed by atoms with van der Waals surface area (Å²) in [6, 6.07) is 7.24. The lowest BCUT2D eigenvalue weighted by Gasteiger charge is -2.27. The lowest BCUT2D eigenvalue weighted by molar-refractivity contribution is -0.145. The molecular formula is C25H25ClN2O7. The van der Waals surface area contributed by atoms with Crippen molar-refractivity contribution in [1.82, 2.24) is 5.32 Å². The minimum atomic E-state index is -0.837. The molecule has 1 heterocycles. The highest BCUT2D eigenvalue weighted by Crippen LogP contribution is 2.37. The largest absolute Gasteiger partial charge is 0.490 e. The smallest absolute Gasteiger partial charge is 0.344 e. The van der Waals surface area contributed by atoms with Gasteiger partial charge in [-0.15, -0.1) is 0 Å². The molecule has 0 aliphatic carbocycles. The van der Waals surface area contributed by atoms with E-state index in [1.807, 2.05) is 13.8 Å². The summed E-state index contributed by atoms with van der Waals surface area (Å²) < 4.78 is 15.9. The van der Waals surface area contributed by atoms with Gasteiger partial charge < -0.3 is 14.2 Å². The van der Waals surface area contributed by atoms with Gasteiger partial charge in [0.2, 0.25) is 0 Å². The van der Waals surface area contributed by atoms with Crippen molar-refractivity contribution in [2.45, 2.75) is 27.7 Å². The molecule has 1 fully saturated rings. The second-order valence-corrected chi connectivity index (χ2v) is 7.99. The maximum atomic E-state index is 13.2. The molecule has 3 rings (SSSR count). The molecular weight excluding hydrogens is 476 g/mol. The third-order valence-corrected chi connectivity index (χ3v) is 5.41. The van der Waals surface area contributed by atoms with Crippen molar-refractivity contribution >= 4 is 47.2 Å². The Kier molecular flexibility index (Phi) is 8.14. The zero-order chi connectivity index (χ0) is 25.7. The lowest BCUT2D eigenvalue weighted by Crippen LogP contribution is -2.54. The molecule has 0 aromatic heterocycles. The van der Waals surface area contributed by atoms with Gasteiger partial charge in [0.15, 0.2) is 18.1 Å². The molecule has 1 saturated heterocycles. The number of imide groups is 2. The Labute approximate surface area is 207 Å². The van der Waals surface area contributed by atoms with Crippen molar-refractivity contribution in [3.63, 3.8) is 0 Å². The van der Waals surface area contributed by atoms with Gasteiger partial charge in [-0.3, -0.25) is 14.9 Å². The van der Waals surface area contributed by atoms with Gasteiger partial charge in [0, 0.05) is 0 Å². The number of amides is 4. The third-order valence-electron chi connectivity index (χ3n) is 5.13. The SMILES string of the molecule is CCOC(=O)COc1c(Cl)cc(/C=C2\C(=O)NC(=O)N(c3ccc(C)c(C)c3)C2=O)cc1OCC. The second kappa shape index (κ2) is 11.1. The molecule has 2 aromatic rings. The van der Waals surface area contributed by atoms with E-state index in [0.717, 1.165) is 16.0 Å². The first-order chi connectivity index (χ1) is 16.7. The van der Waals surface area contributed by atoms with Crippen molar-refractivity contribution in [3.05, 3.63) is 57.6 Å². The van der Waals surface area contributed by atoms with E-state index in [1.165, 1.54) is 18.2 Å². The first kappa shape index (κ1) is 25.8. The second-order valence-electron chi connectivity index (χ2n) is 7.58. The molecule has 2 aromatic carbocycles. The van der Waals surface area contributed by atoms with E-state index in [9.17, 15) is 19.2 Å². The highest BCUT2D eigenvalue weighted by atomic mass is 35.5. The quantitative estimate of drug-likeness (QED) is 0.331. The third kappa shape index (κ3) is 5.81.